The molecule has 1 aliphatic rings. The molecule has 1 unspecified atom stereocenters. The number of hydrogen-bond acceptors (Lipinski definition) is 7. The number of nitrogen functional groups attached to an aromatic ring is 1. The molecule has 8 nitrogen and oxygen atoms in total. The number of imidazole rings is 1. The van der Waals surface area contributed by atoms with Gasteiger partial charge in [-0.1, -0.05) is 13.3 Å². The molecule has 0 bridgehead atoms. The fourth-order valence-corrected chi connectivity index (χ4v) is 3.55. The normalized spacial score (nSPS) is 18.6. The molecule has 3 rings (SSSR count). The predicted molar refractivity (Wildman–Crippen MR) is 104 cm³/mol. The molecule has 0 aromatic carbocycles. The minimum absolute atomic E-state index is 0.0357. The first-order chi connectivity index (χ1) is 13.1. The summed E-state index contributed by atoms with van der Waals surface area (Å²) in [7, 11) is 1.60. The van der Waals surface area contributed by atoms with Crippen molar-refractivity contribution in [2.45, 2.75) is 77.5 Å². The van der Waals surface area contributed by atoms with Crippen molar-refractivity contribution >= 4 is 17.0 Å². The van der Waals surface area contributed by atoms with E-state index in [1.54, 1.807) is 7.11 Å². The topological polar surface area (TPSA) is 97.3 Å². The Morgan fingerprint density at radius 2 is 2.15 bits per heavy atom. The molecule has 8 heteroatoms. The van der Waals surface area contributed by atoms with E-state index in [0.29, 0.717) is 35.1 Å². The second-order valence-electron chi connectivity index (χ2n) is 7.16. The van der Waals surface area contributed by atoms with Gasteiger partial charge in [0.2, 0.25) is 0 Å². The number of rotatable bonds is 9. The molecule has 1 aliphatic heterocycles. The minimum atomic E-state index is 0.0357. The Bertz CT molecular complexity index is 743. The van der Waals surface area contributed by atoms with E-state index in [2.05, 4.69) is 21.9 Å². The zero-order valence-corrected chi connectivity index (χ0v) is 16.6. The SMILES string of the molecule is CCC[C@@H](C)Oc1nc(N)c2nc(OC)n(CCCC3CCCCO3)c2n1. The highest BCUT2D eigenvalue weighted by Crippen LogP contribution is 2.27. The first kappa shape index (κ1) is 19.7. The van der Waals surface area contributed by atoms with Gasteiger partial charge in [-0.05, 0) is 45.4 Å². The zero-order valence-electron chi connectivity index (χ0n) is 16.6. The third kappa shape index (κ3) is 4.80. The average molecular weight is 377 g/mol. The zero-order chi connectivity index (χ0) is 19.2. The monoisotopic (exact) mass is 377 g/mol. The van der Waals surface area contributed by atoms with Crippen molar-refractivity contribution in [1.82, 2.24) is 19.5 Å². The smallest absolute Gasteiger partial charge is 0.320 e. The summed E-state index contributed by atoms with van der Waals surface area (Å²) in [6.07, 6.45) is 7.90. The molecule has 1 fully saturated rings. The van der Waals surface area contributed by atoms with Crippen molar-refractivity contribution in [3.63, 3.8) is 0 Å². The number of aromatic nitrogens is 4. The maximum Gasteiger partial charge on any atom is 0.320 e. The molecular formula is C19H31N5O3. The summed E-state index contributed by atoms with van der Waals surface area (Å²) in [4.78, 5) is 13.3. The van der Waals surface area contributed by atoms with E-state index in [1.165, 1.54) is 12.8 Å². The fourth-order valence-electron chi connectivity index (χ4n) is 3.55. The first-order valence-corrected chi connectivity index (χ1v) is 9.98. The molecule has 150 valence electrons. The van der Waals surface area contributed by atoms with E-state index < -0.39 is 0 Å². The average Bonchev–Trinajstić information content (AvgIpc) is 3.01. The number of aryl methyl sites for hydroxylation is 1. The van der Waals surface area contributed by atoms with Gasteiger partial charge in [0, 0.05) is 13.2 Å². The Kier molecular flexibility index (Phi) is 6.71. The van der Waals surface area contributed by atoms with Crippen LogP contribution in [-0.2, 0) is 11.3 Å². The van der Waals surface area contributed by atoms with Crippen LogP contribution in [0, 0.1) is 0 Å². The van der Waals surface area contributed by atoms with Gasteiger partial charge < -0.3 is 19.9 Å². The Morgan fingerprint density at radius 1 is 1.30 bits per heavy atom. The molecular weight excluding hydrogens is 346 g/mol. The van der Waals surface area contributed by atoms with Crippen molar-refractivity contribution in [1.29, 1.82) is 0 Å². The van der Waals surface area contributed by atoms with Crippen molar-refractivity contribution in [2.75, 3.05) is 19.5 Å². The highest BCUT2D eigenvalue weighted by Gasteiger charge is 2.19. The Labute approximate surface area is 160 Å². The van der Waals surface area contributed by atoms with Crippen molar-refractivity contribution in [2.24, 2.45) is 0 Å². The standard InChI is InChI=1S/C19H31N5O3/c1-4-8-13(2)27-18-22-16(20)15-17(23-18)24(19(21-15)25-3)11-7-10-14-9-5-6-12-26-14/h13-14H,4-12H2,1-3H3,(H2,20,22,23)/t13-,14?/m1/s1. The lowest BCUT2D eigenvalue weighted by atomic mass is 10.0. The lowest BCUT2D eigenvalue weighted by Crippen LogP contribution is -2.19. The maximum atomic E-state index is 6.11. The van der Waals surface area contributed by atoms with Gasteiger partial charge in [0.25, 0.3) is 6.01 Å². The van der Waals surface area contributed by atoms with Crippen LogP contribution in [0.1, 0.15) is 58.8 Å². The quantitative estimate of drug-likeness (QED) is 0.716. The highest BCUT2D eigenvalue weighted by atomic mass is 16.5. The van der Waals surface area contributed by atoms with E-state index in [4.69, 9.17) is 19.9 Å². The lowest BCUT2D eigenvalue weighted by molar-refractivity contribution is 0.00948. The number of hydrogen-bond donors (Lipinski definition) is 1. The maximum absolute atomic E-state index is 6.11. The van der Waals surface area contributed by atoms with E-state index in [-0.39, 0.29) is 6.10 Å². The molecule has 1 saturated heterocycles. The highest BCUT2D eigenvalue weighted by molar-refractivity contribution is 5.83. The van der Waals surface area contributed by atoms with Gasteiger partial charge in [-0.15, -0.1) is 0 Å². The van der Waals surface area contributed by atoms with Crippen molar-refractivity contribution in [3.8, 4) is 12.0 Å². The number of ether oxygens (including phenoxy) is 3. The van der Waals surface area contributed by atoms with Crippen LogP contribution in [0.5, 0.6) is 12.0 Å². The van der Waals surface area contributed by atoms with Crippen LogP contribution in [0.2, 0.25) is 0 Å². The molecule has 0 saturated carbocycles. The second-order valence-corrected chi connectivity index (χ2v) is 7.16. The lowest BCUT2D eigenvalue weighted by Gasteiger charge is -2.22. The number of methoxy groups -OCH3 is 1. The van der Waals surface area contributed by atoms with Crippen molar-refractivity contribution in [3.05, 3.63) is 0 Å². The second kappa shape index (κ2) is 9.21. The van der Waals surface area contributed by atoms with Crippen LogP contribution >= 0.6 is 0 Å². The summed E-state index contributed by atoms with van der Waals surface area (Å²) in [5, 5.41) is 0. The van der Waals surface area contributed by atoms with E-state index in [1.807, 2.05) is 11.5 Å². The molecule has 2 aromatic rings. The molecule has 0 amide bonds. The molecule has 2 atom stereocenters. The third-order valence-electron chi connectivity index (χ3n) is 4.93. The number of nitrogens with two attached hydrogens (primary N) is 1. The first-order valence-electron chi connectivity index (χ1n) is 9.98. The molecule has 0 aliphatic carbocycles. The van der Waals surface area contributed by atoms with Crippen molar-refractivity contribution < 1.29 is 14.2 Å². The summed E-state index contributed by atoms with van der Waals surface area (Å²) in [6.45, 7) is 5.74. The molecule has 2 N–H and O–H groups in total. The summed E-state index contributed by atoms with van der Waals surface area (Å²) < 4.78 is 19.1. The largest absolute Gasteiger partial charge is 0.468 e. The van der Waals surface area contributed by atoms with Crippen LogP contribution in [0.15, 0.2) is 0 Å². The van der Waals surface area contributed by atoms with Gasteiger partial charge in [0.15, 0.2) is 17.0 Å². The molecule has 0 spiro atoms. The number of fused-ring (bicyclic) bond motifs is 1. The molecule has 2 aromatic heterocycles. The molecule has 27 heavy (non-hydrogen) atoms. The van der Waals surface area contributed by atoms with Gasteiger partial charge >= 0.3 is 6.01 Å². The van der Waals surface area contributed by atoms with E-state index >= 15 is 0 Å². The summed E-state index contributed by atoms with van der Waals surface area (Å²) in [5.41, 5.74) is 7.31. The van der Waals surface area contributed by atoms with E-state index in [9.17, 15) is 0 Å². The predicted octanol–water partition coefficient (Wildman–Crippen LogP) is 3.33. The minimum Gasteiger partial charge on any atom is -0.468 e. The van der Waals surface area contributed by atoms with Gasteiger partial charge in [0.1, 0.15) is 0 Å². The number of nitrogens with zero attached hydrogens (tertiary/aromatic N) is 4. The molecule has 3 heterocycles. The van der Waals surface area contributed by atoms with E-state index in [0.717, 1.165) is 45.3 Å². The van der Waals surface area contributed by atoms with Crippen LogP contribution in [-0.4, -0.2) is 45.4 Å². The fraction of sp³-hybridized carbons (Fsp3) is 0.737. The van der Waals surface area contributed by atoms with Crippen LogP contribution < -0.4 is 15.2 Å². The van der Waals surface area contributed by atoms with Gasteiger partial charge in [-0.3, -0.25) is 4.57 Å². The molecule has 0 radical (unpaired) electrons. The Morgan fingerprint density at radius 3 is 2.85 bits per heavy atom. The van der Waals surface area contributed by atoms with Crippen LogP contribution in [0.3, 0.4) is 0 Å². The summed E-state index contributed by atoms with van der Waals surface area (Å²) >= 11 is 0. The van der Waals surface area contributed by atoms with Crippen LogP contribution in [0.4, 0.5) is 5.82 Å². The van der Waals surface area contributed by atoms with Gasteiger partial charge in [-0.2, -0.15) is 15.0 Å². The Hall–Kier alpha value is -2.09. The Balaban J connectivity index is 1.78. The van der Waals surface area contributed by atoms with Gasteiger partial charge in [0.05, 0.1) is 19.3 Å². The van der Waals surface area contributed by atoms with Gasteiger partial charge in [-0.25, -0.2) is 0 Å². The number of anilines is 1. The summed E-state index contributed by atoms with van der Waals surface area (Å²) in [6, 6.07) is 0.787. The van der Waals surface area contributed by atoms with Crippen LogP contribution in [0.25, 0.3) is 11.2 Å². The summed E-state index contributed by atoms with van der Waals surface area (Å²) in [5.74, 6) is 0.311. The third-order valence-corrected chi connectivity index (χ3v) is 4.93.